The van der Waals surface area contributed by atoms with Crippen molar-refractivity contribution in [3.63, 3.8) is 0 Å². The molecule has 0 radical (unpaired) electrons. The van der Waals surface area contributed by atoms with Crippen LogP contribution in [0.2, 0.25) is 0 Å². The molecule has 8 rings (SSSR count). The van der Waals surface area contributed by atoms with E-state index in [1.54, 1.807) is 0 Å². The van der Waals surface area contributed by atoms with Crippen molar-refractivity contribution in [2.75, 3.05) is 5.73 Å². The highest BCUT2D eigenvalue weighted by molar-refractivity contribution is 6.48. The summed E-state index contributed by atoms with van der Waals surface area (Å²) in [5, 5.41) is 15.7. The zero-order valence-electron chi connectivity index (χ0n) is 17.9. The monoisotopic (exact) mass is 417 g/mol. The van der Waals surface area contributed by atoms with E-state index in [-0.39, 0.29) is 0 Å². The van der Waals surface area contributed by atoms with Crippen molar-refractivity contribution in [2.45, 2.75) is 0 Å². The molecule has 0 unspecified atom stereocenters. The lowest BCUT2D eigenvalue weighted by Crippen LogP contribution is -1.86. The first kappa shape index (κ1) is 17.2. The molecule has 1 heteroatoms. The fourth-order valence-electron chi connectivity index (χ4n) is 6.26. The molecule has 0 heterocycles. The summed E-state index contributed by atoms with van der Waals surface area (Å²) < 4.78 is 0. The van der Waals surface area contributed by atoms with Gasteiger partial charge in [-0.25, -0.2) is 0 Å². The van der Waals surface area contributed by atoms with Gasteiger partial charge in [-0.1, -0.05) is 97.1 Å². The number of nitrogens with two attached hydrogens (primary N) is 1. The molecule has 0 spiro atoms. The maximum absolute atomic E-state index is 6.46. The van der Waals surface area contributed by atoms with E-state index in [1.807, 2.05) is 0 Å². The summed E-state index contributed by atoms with van der Waals surface area (Å²) in [6, 6.07) is 37.4. The van der Waals surface area contributed by atoms with Crippen molar-refractivity contribution in [3.05, 3.63) is 103 Å². The molecule has 0 atom stereocenters. The van der Waals surface area contributed by atoms with E-state index in [1.165, 1.54) is 70.4 Å². The molecule has 8 aromatic rings. The molecule has 0 bridgehead atoms. The van der Waals surface area contributed by atoms with Gasteiger partial charge in [0.15, 0.2) is 0 Å². The minimum absolute atomic E-state index is 0.840. The average molecular weight is 418 g/mol. The van der Waals surface area contributed by atoms with Gasteiger partial charge in [0.05, 0.1) is 0 Å². The van der Waals surface area contributed by atoms with Gasteiger partial charge in [0.2, 0.25) is 0 Å². The molecule has 0 amide bonds. The summed E-state index contributed by atoms with van der Waals surface area (Å²) in [6.07, 6.45) is 0. The van der Waals surface area contributed by atoms with Crippen molar-refractivity contribution in [2.24, 2.45) is 0 Å². The largest absolute Gasteiger partial charge is 0.398 e. The topological polar surface area (TPSA) is 26.0 Å². The van der Waals surface area contributed by atoms with Crippen molar-refractivity contribution in [1.29, 1.82) is 0 Å². The van der Waals surface area contributed by atoms with Gasteiger partial charge in [-0.15, -0.1) is 0 Å². The van der Waals surface area contributed by atoms with Crippen LogP contribution >= 0.6 is 0 Å². The van der Waals surface area contributed by atoms with E-state index in [0.717, 1.165) is 11.1 Å². The number of benzene rings is 6. The Balaban J connectivity index is 1.83. The van der Waals surface area contributed by atoms with E-state index < -0.39 is 0 Å². The van der Waals surface area contributed by atoms with Crippen molar-refractivity contribution >= 4 is 70.3 Å². The quantitative estimate of drug-likeness (QED) is 0.265. The smallest absolute Gasteiger partial charge is 0.0394 e. The van der Waals surface area contributed by atoms with E-state index in [4.69, 9.17) is 5.73 Å². The van der Waals surface area contributed by atoms with Gasteiger partial charge in [-0.05, 0) is 76.4 Å². The molecule has 33 heavy (non-hydrogen) atoms. The van der Waals surface area contributed by atoms with Gasteiger partial charge >= 0.3 is 0 Å². The summed E-state index contributed by atoms with van der Waals surface area (Å²) in [5.41, 5.74) is 9.88. The van der Waals surface area contributed by atoms with Gasteiger partial charge < -0.3 is 5.73 Å². The average Bonchev–Trinajstić information content (AvgIpc) is 3.38. The molecule has 152 valence electrons. The second-order valence-electron chi connectivity index (χ2n) is 9.07. The Hall–Kier alpha value is -4.36. The van der Waals surface area contributed by atoms with Gasteiger partial charge in [0.1, 0.15) is 0 Å². The molecule has 0 aromatic heterocycles. The lowest BCUT2D eigenvalue weighted by Gasteiger charge is -2.12. The zero-order chi connectivity index (χ0) is 21.7. The first-order valence-electron chi connectivity index (χ1n) is 11.4. The number of hydrogen-bond donors (Lipinski definition) is 1. The Morgan fingerprint density at radius 1 is 0.333 bits per heavy atom. The lowest BCUT2D eigenvalue weighted by atomic mass is 9.90. The maximum atomic E-state index is 6.46. The second kappa shape index (κ2) is 5.90. The molecule has 8 aromatic carbocycles. The first-order valence-corrected chi connectivity index (χ1v) is 11.4. The molecule has 2 N–H and O–H groups in total. The minimum atomic E-state index is 0.840. The summed E-state index contributed by atoms with van der Waals surface area (Å²) in [5.74, 6) is 0. The van der Waals surface area contributed by atoms with Crippen LogP contribution in [0.4, 0.5) is 5.69 Å². The van der Waals surface area contributed by atoms with Crippen LogP contribution in [0.3, 0.4) is 0 Å². The Morgan fingerprint density at radius 2 is 0.909 bits per heavy atom. The summed E-state index contributed by atoms with van der Waals surface area (Å²) in [6.45, 7) is 0. The number of rotatable bonds is 1. The van der Waals surface area contributed by atoms with Crippen LogP contribution in [0.15, 0.2) is 103 Å². The number of hydrogen-bond acceptors (Lipinski definition) is 1. The molecule has 0 aliphatic rings. The Morgan fingerprint density at radius 3 is 1.76 bits per heavy atom. The van der Waals surface area contributed by atoms with Crippen LogP contribution in [-0.4, -0.2) is 0 Å². The van der Waals surface area contributed by atoms with E-state index >= 15 is 0 Å². The van der Waals surface area contributed by atoms with Gasteiger partial charge in [0.25, 0.3) is 0 Å². The third-order valence-corrected chi connectivity index (χ3v) is 7.50. The highest BCUT2D eigenvalue weighted by atomic mass is 14.5. The van der Waals surface area contributed by atoms with Gasteiger partial charge in [0, 0.05) is 11.1 Å². The standard InChI is InChI=1S/C32H19N/c33-26-17-16-25-28-22(26)13-7-15-24(28)32-30-21-11-5-4-10-19(21)20-12-6-14-23(29(20)30)27(31(25)32)18-8-2-1-3-9-18/h1-17H,33H2. The Labute approximate surface area is 190 Å². The lowest BCUT2D eigenvalue weighted by molar-refractivity contribution is 1.69. The first-order chi connectivity index (χ1) is 16.3. The molecular formula is C32H19N. The van der Waals surface area contributed by atoms with Crippen LogP contribution in [0.5, 0.6) is 0 Å². The minimum Gasteiger partial charge on any atom is -0.398 e. The number of fused-ring (bicyclic) bond motifs is 7. The van der Waals surface area contributed by atoms with E-state index in [2.05, 4.69) is 103 Å². The molecule has 0 fully saturated rings. The fraction of sp³-hybridized carbons (Fsp3) is 0. The van der Waals surface area contributed by atoms with Crippen LogP contribution in [0, 0.1) is 0 Å². The third-order valence-electron chi connectivity index (χ3n) is 7.50. The molecule has 1 nitrogen and oxygen atoms in total. The van der Waals surface area contributed by atoms with Crippen molar-refractivity contribution in [1.82, 2.24) is 0 Å². The summed E-state index contributed by atoms with van der Waals surface area (Å²) >= 11 is 0. The van der Waals surface area contributed by atoms with Gasteiger partial charge in [-0.3, -0.25) is 0 Å². The summed E-state index contributed by atoms with van der Waals surface area (Å²) in [7, 11) is 0. The number of nitrogen functional groups attached to an aromatic ring is 1. The van der Waals surface area contributed by atoms with E-state index in [9.17, 15) is 0 Å². The molecule has 0 aliphatic carbocycles. The van der Waals surface area contributed by atoms with Crippen LogP contribution in [-0.2, 0) is 0 Å². The second-order valence-corrected chi connectivity index (χ2v) is 9.07. The Bertz CT molecular complexity index is 2020. The highest BCUT2D eigenvalue weighted by Gasteiger charge is 2.24. The fourth-order valence-corrected chi connectivity index (χ4v) is 6.26. The Kier molecular flexibility index (Phi) is 3.08. The molecule has 0 aliphatic heterocycles. The SMILES string of the molecule is Nc1ccc2c3c(-c4ccccc4)c4cccc5c6ccccc6c(c45)c3c3cccc1c23. The molecule has 0 saturated carbocycles. The van der Waals surface area contributed by atoms with Crippen LogP contribution < -0.4 is 5.73 Å². The molecule has 0 saturated heterocycles. The summed E-state index contributed by atoms with van der Waals surface area (Å²) in [4.78, 5) is 0. The van der Waals surface area contributed by atoms with Crippen LogP contribution in [0.1, 0.15) is 0 Å². The van der Waals surface area contributed by atoms with Crippen molar-refractivity contribution in [3.8, 4) is 11.1 Å². The third kappa shape index (κ3) is 1.99. The maximum Gasteiger partial charge on any atom is 0.0394 e. The van der Waals surface area contributed by atoms with Gasteiger partial charge in [-0.2, -0.15) is 0 Å². The van der Waals surface area contributed by atoms with Crippen molar-refractivity contribution < 1.29 is 0 Å². The molecular weight excluding hydrogens is 398 g/mol. The normalized spacial score (nSPS) is 12.4. The number of anilines is 1. The predicted octanol–water partition coefficient (Wildman–Crippen LogP) is 8.73. The van der Waals surface area contributed by atoms with E-state index in [0.29, 0.717) is 0 Å². The van der Waals surface area contributed by atoms with Crippen LogP contribution in [0.25, 0.3) is 75.8 Å². The predicted molar refractivity (Wildman–Crippen MR) is 144 cm³/mol. The zero-order valence-corrected chi connectivity index (χ0v) is 17.9. The highest BCUT2D eigenvalue weighted by Crippen LogP contribution is 2.53.